The number of carbonyl (C=O) groups excluding carboxylic acids is 1. The van der Waals surface area contributed by atoms with Gasteiger partial charge in [0.2, 0.25) is 0 Å². The Labute approximate surface area is 112 Å². The minimum atomic E-state index is -0.0683. The highest BCUT2D eigenvalue weighted by molar-refractivity contribution is 7.80. The van der Waals surface area contributed by atoms with Crippen LogP contribution >= 0.6 is 23.8 Å². The van der Waals surface area contributed by atoms with Gasteiger partial charge in [-0.2, -0.15) is 0 Å². The van der Waals surface area contributed by atoms with E-state index in [0.717, 1.165) is 5.56 Å². The summed E-state index contributed by atoms with van der Waals surface area (Å²) in [5.74, 6) is -0.0683. The maximum Gasteiger partial charge on any atom is 0.253 e. The van der Waals surface area contributed by atoms with E-state index in [1.807, 2.05) is 13.0 Å². The van der Waals surface area contributed by atoms with Gasteiger partial charge in [-0.15, -0.1) is 0 Å². The average Bonchev–Trinajstić information content (AvgIpc) is 2.28. The van der Waals surface area contributed by atoms with Crippen LogP contribution in [0, 0.1) is 6.92 Å². The Morgan fingerprint density at radius 2 is 2.18 bits per heavy atom. The third kappa shape index (κ3) is 3.98. The summed E-state index contributed by atoms with van der Waals surface area (Å²) in [5.41, 5.74) is 6.92. The third-order valence-corrected chi connectivity index (χ3v) is 2.91. The second-order valence-electron chi connectivity index (χ2n) is 3.90. The van der Waals surface area contributed by atoms with Gasteiger partial charge in [-0.1, -0.05) is 29.9 Å². The molecule has 1 rings (SSSR count). The first kappa shape index (κ1) is 13.9. The van der Waals surface area contributed by atoms with E-state index in [1.54, 1.807) is 24.1 Å². The topological polar surface area (TPSA) is 46.3 Å². The molecule has 0 heterocycles. The van der Waals surface area contributed by atoms with E-state index in [2.05, 4.69) is 0 Å². The number of thiocarbonyl (C=S) groups is 1. The van der Waals surface area contributed by atoms with Crippen LogP contribution in [0.1, 0.15) is 22.3 Å². The lowest BCUT2D eigenvalue weighted by atomic mass is 10.1. The molecular weight excluding hydrogens is 256 g/mol. The minimum Gasteiger partial charge on any atom is -0.393 e. The Kier molecular flexibility index (Phi) is 4.90. The number of nitrogens with two attached hydrogens (primary N) is 1. The van der Waals surface area contributed by atoms with E-state index in [0.29, 0.717) is 28.5 Å². The molecule has 0 aromatic heterocycles. The SMILES string of the molecule is Cc1ccc(Cl)cc1C(=O)N(C)CCC(N)=S. The highest BCUT2D eigenvalue weighted by Crippen LogP contribution is 2.16. The van der Waals surface area contributed by atoms with Gasteiger partial charge in [0.1, 0.15) is 0 Å². The molecule has 0 unspecified atom stereocenters. The first-order valence-electron chi connectivity index (χ1n) is 5.21. The van der Waals surface area contributed by atoms with Crippen molar-refractivity contribution in [1.82, 2.24) is 4.90 Å². The number of aryl methyl sites for hydroxylation is 1. The maximum atomic E-state index is 12.1. The van der Waals surface area contributed by atoms with Crippen LogP contribution in [0.15, 0.2) is 18.2 Å². The fourth-order valence-corrected chi connectivity index (χ4v) is 1.67. The molecule has 1 aromatic rings. The molecule has 0 saturated carbocycles. The second-order valence-corrected chi connectivity index (χ2v) is 4.86. The Bertz CT molecular complexity index is 448. The van der Waals surface area contributed by atoms with Crippen LogP contribution in [-0.4, -0.2) is 29.4 Å². The summed E-state index contributed by atoms with van der Waals surface area (Å²) in [4.78, 5) is 14.1. The van der Waals surface area contributed by atoms with Gasteiger partial charge in [0, 0.05) is 30.6 Å². The highest BCUT2D eigenvalue weighted by Gasteiger charge is 2.14. The zero-order valence-corrected chi connectivity index (χ0v) is 11.4. The molecule has 2 N–H and O–H groups in total. The molecule has 0 spiro atoms. The Balaban J connectivity index is 2.81. The number of halogens is 1. The molecule has 0 atom stereocenters. The van der Waals surface area contributed by atoms with Crippen molar-refractivity contribution in [2.75, 3.05) is 13.6 Å². The monoisotopic (exact) mass is 270 g/mol. The van der Waals surface area contributed by atoms with E-state index < -0.39 is 0 Å². The molecule has 0 radical (unpaired) electrons. The Hall–Kier alpha value is -1.13. The fourth-order valence-electron chi connectivity index (χ4n) is 1.41. The lowest BCUT2D eigenvalue weighted by Crippen LogP contribution is -2.30. The van der Waals surface area contributed by atoms with E-state index in [1.165, 1.54) is 0 Å². The largest absolute Gasteiger partial charge is 0.393 e. The Morgan fingerprint density at radius 1 is 1.53 bits per heavy atom. The van der Waals surface area contributed by atoms with E-state index in [-0.39, 0.29) is 5.91 Å². The van der Waals surface area contributed by atoms with Crippen molar-refractivity contribution in [2.24, 2.45) is 5.73 Å². The molecule has 0 aliphatic heterocycles. The summed E-state index contributed by atoms with van der Waals surface area (Å²) < 4.78 is 0. The zero-order chi connectivity index (χ0) is 13.0. The van der Waals surface area contributed by atoms with Gasteiger partial charge in [0.05, 0.1) is 4.99 Å². The Morgan fingerprint density at radius 3 is 2.76 bits per heavy atom. The van der Waals surface area contributed by atoms with Crippen LogP contribution in [0.25, 0.3) is 0 Å². The summed E-state index contributed by atoms with van der Waals surface area (Å²) in [6.07, 6.45) is 0.525. The average molecular weight is 271 g/mol. The van der Waals surface area contributed by atoms with Crippen LogP contribution < -0.4 is 5.73 Å². The molecule has 0 bridgehead atoms. The molecule has 17 heavy (non-hydrogen) atoms. The molecule has 92 valence electrons. The van der Waals surface area contributed by atoms with Crippen molar-refractivity contribution in [1.29, 1.82) is 0 Å². The van der Waals surface area contributed by atoms with Gasteiger partial charge in [-0.3, -0.25) is 4.79 Å². The van der Waals surface area contributed by atoms with Gasteiger partial charge in [0.25, 0.3) is 5.91 Å². The molecule has 0 saturated heterocycles. The van der Waals surface area contributed by atoms with E-state index in [9.17, 15) is 4.79 Å². The summed E-state index contributed by atoms with van der Waals surface area (Å²) in [7, 11) is 1.72. The molecule has 1 amide bonds. The number of hydrogen-bond donors (Lipinski definition) is 1. The van der Waals surface area contributed by atoms with Crippen molar-refractivity contribution in [3.05, 3.63) is 34.3 Å². The number of hydrogen-bond acceptors (Lipinski definition) is 2. The normalized spacial score (nSPS) is 10.1. The van der Waals surface area contributed by atoms with Gasteiger partial charge in [-0.25, -0.2) is 0 Å². The smallest absolute Gasteiger partial charge is 0.253 e. The predicted octanol–water partition coefficient (Wildman–Crippen LogP) is 2.40. The van der Waals surface area contributed by atoms with Crippen molar-refractivity contribution >= 4 is 34.7 Å². The standard InChI is InChI=1S/C12H15ClN2OS/c1-8-3-4-9(13)7-10(8)12(16)15(2)6-5-11(14)17/h3-4,7H,5-6H2,1-2H3,(H2,14,17). The van der Waals surface area contributed by atoms with Crippen LogP contribution in [-0.2, 0) is 0 Å². The lowest BCUT2D eigenvalue weighted by molar-refractivity contribution is 0.0798. The van der Waals surface area contributed by atoms with Crippen molar-refractivity contribution < 1.29 is 4.79 Å². The van der Waals surface area contributed by atoms with Gasteiger partial charge >= 0.3 is 0 Å². The molecule has 1 aromatic carbocycles. The molecule has 0 aliphatic carbocycles. The first-order valence-corrected chi connectivity index (χ1v) is 6.00. The molecule has 3 nitrogen and oxygen atoms in total. The summed E-state index contributed by atoms with van der Waals surface area (Å²) in [5, 5.41) is 0.557. The van der Waals surface area contributed by atoms with E-state index in [4.69, 9.17) is 29.6 Å². The number of benzene rings is 1. The van der Waals surface area contributed by atoms with Crippen LogP contribution in [0.2, 0.25) is 5.02 Å². The number of rotatable bonds is 4. The van der Waals surface area contributed by atoms with Crippen molar-refractivity contribution in [2.45, 2.75) is 13.3 Å². The third-order valence-electron chi connectivity index (χ3n) is 2.47. The summed E-state index contributed by atoms with van der Waals surface area (Å²) in [6.45, 7) is 2.39. The first-order chi connectivity index (χ1) is 7.91. The van der Waals surface area contributed by atoms with Crippen LogP contribution in [0.5, 0.6) is 0 Å². The van der Waals surface area contributed by atoms with Crippen LogP contribution in [0.3, 0.4) is 0 Å². The number of amides is 1. The van der Waals surface area contributed by atoms with Crippen molar-refractivity contribution in [3.63, 3.8) is 0 Å². The lowest BCUT2D eigenvalue weighted by Gasteiger charge is -2.18. The molecular formula is C12H15ClN2OS. The molecule has 5 heteroatoms. The quantitative estimate of drug-likeness (QED) is 0.855. The van der Waals surface area contributed by atoms with Gasteiger partial charge in [-0.05, 0) is 24.6 Å². The van der Waals surface area contributed by atoms with Gasteiger partial charge in [0.15, 0.2) is 0 Å². The highest BCUT2D eigenvalue weighted by atomic mass is 35.5. The second kappa shape index (κ2) is 5.98. The fraction of sp³-hybridized carbons (Fsp3) is 0.333. The maximum absolute atomic E-state index is 12.1. The zero-order valence-electron chi connectivity index (χ0n) is 9.87. The van der Waals surface area contributed by atoms with Gasteiger partial charge < -0.3 is 10.6 Å². The van der Waals surface area contributed by atoms with E-state index >= 15 is 0 Å². The van der Waals surface area contributed by atoms with Crippen molar-refractivity contribution in [3.8, 4) is 0 Å². The number of carbonyl (C=O) groups is 1. The van der Waals surface area contributed by atoms with Crippen LogP contribution in [0.4, 0.5) is 0 Å². The molecule has 0 fully saturated rings. The summed E-state index contributed by atoms with van der Waals surface area (Å²) in [6, 6.07) is 5.27. The molecule has 0 aliphatic rings. The minimum absolute atomic E-state index is 0.0683. The number of nitrogens with zero attached hydrogens (tertiary/aromatic N) is 1. The summed E-state index contributed by atoms with van der Waals surface area (Å²) >= 11 is 10.7. The predicted molar refractivity (Wildman–Crippen MR) is 74.6 cm³/mol.